The van der Waals surface area contributed by atoms with Crippen LogP contribution in [-0.2, 0) is 26.2 Å². The number of hydrogen-bond acceptors (Lipinski definition) is 4. The zero-order valence-corrected chi connectivity index (χ0v) is 24.8. The first-order valence-electron chi connectivity index (χ1n) is 12.9. The average molecular weight is 609 g/mol. The molecule has 3 aromatic carbocycles. The zero-order chi connectivity index (χ0) is 29.4. The van der Waals surface area contributed by atoms with Crippen molar-refractivity contribution in [1.82, 2.24) is 10.2 Å². The van der Waals surface area contributed by atoms with Crippen LogP contribution < -0.4 is 9.62 Å². The Bertz CT molecular complexity index is 1400. The molecule has 0 spiro atoms. The average Bonchev–Trinajstić information content (AvgIpc) is 2.93. The van der Waals surface area contributed by atoms with Crippen molar-refractivity contribution in [3.05, 3.63) is 94.2 Å². The van der Waals surface area contributed by atoms with Crippen LogP contribution in [0.25, 0.3) is 0 Å². The number of benzene rings is 3. The van der Waals surface area contributed by atoms with Crippen LogP contribution in [-0.4, -0.2) is 43.8 Å². The van der Waals surface area contributed by atoms with Gasteiger partial charge in [-0.15, -0.1) is 0 Å². The Hall–Kier alpha value is -3.14. The van der Waals surface area contributed by atoms with Gasteiger partial charge in [0.25, 0.3) is 10.0 Å². The van der Waals surface area contributed by atoms with Gasteiger partial charge in [0.15, 0.2) is 0 Å². The maximum absolute atomic E-state index is 14.0. The number of sulfonamides is 1. The van der Waals surface area contributed by atoms with Gasteiger partial charge in [-0.25, -0.2) is 12.8 Å². The van der Waals surface area contributed by atoms with Gasteiger partial charge in [0.05, 0.1) is 10.6 Å². The quantitative estimate of drug-likeness (QED) is 0.271. The first-order valence-corrected chi connectivity index (χ1v) is 15.0. The molecule has 0 fully saturated rings. The highest BCUT2D eigenvalue weighted by Gasteiger charge is 2.34. The zero-order valence-electron chi connectivity index (χ0n) is 22.5. The minimum atomic E-state index is -4.30. The van der Waals surface area contributed by atoms with Crippen LogP contribution in [0.3, 0.4) is 0 Å². The van der Waals surface area contributed by atoms with Crippen LogP contribution in [0.4, 0.5) is 10.1 Å². The summed E-state index contributed by atoms with van der Waals surface area (Å²) in [6.45, 7) is 4.80. The number of carbonyl (C=O) groups is 2. The van der Waals surface area contributed by atoms with E-state index in [1.54, 1.807) is 55.5 Å². The van der Waals surface area contributed by atoms with E-state index in [0.29, 0.717) is 22.0 Å². The Morgan fingerprint density at radius 3 is 2.05 bits per heavy atom. The smallest absolute Gasteiger partial charge is 0.264 e. The molecule has 0 aliphatic carbocycles. The van der Waals surface area contributed by atoms with E-state index in [0.717, 1.165) is 28.6 Å². The molecule has 0 bridgehead atoms. The van der Waals surface area contributed by atoms with Gasteiger partial charge in [0.1, 0.15) is 18.4 Å². The van der Waals surface area contributed by atoms with Crippen molar-refractivity contribution in [3.8, 4) is 0 Å². The standard InChI is InChI=1S/C29H32Cl2FN3O4S/c1-4-20(3)33-29(37)27(5-2)34(18-24-25(30)12-9-13-26(24)31)28(36)19-35(22-10-7-6-8-11-22)40(38,39)23-16-14-21(32)15-17-23/h6-17,20,27H,4-5,18-19H2,1-3H3,(H,33,37)/t20-,27-/m0/s1. The third kappa shape index (κ3) is 7.53. The SMILES string of the molecule is CC[C@H](C)NC(=O)[C@H](CC)N(Cc1c(Cl)cccc1Cl)C(=O)CN(c1ccccc1)S(=O)(=O)c1ccc(F)cc1. The first-order chi connectivity index (χ1) is 19.0. The molecule has 2 amide bonds. The minimum Gasteiger partial charge on any atom is -0.352 e. The Morgan fingerprint density at radius 1 is 0.900 bits per heavy atom. The fraction of sp³-hybridized carbons (Fsp3) is 0.310. The molecular formula is C29H32Cl2FN3O4S. The van der Waals surface area contributed by atoms with E-state index < -0.39 is 34.3 Å². The number of halogens is 3. The van der Waals surface area contributed by atoms with E-state index in [4.69, 9.17) is 23.2 Å². The van der Waals surface area contributed by atoms with Gasteiger partial charge < -0.3 is 10.2 Å². The molecule has 40 heavy (non-hydrogen) atoms. The Morgan fingerprint density at radius 2 is 1.50 bits per heavy atom. The van der Waals surface area contributed by atoms with E-state index in [1.807, 2.05) is 13.8 Å². The molecule has 11 heteroatoms. The van der Waals surface area contributed by atoms with Crippen LogP contribution in [0.15, 0.2) is 77.7 Å². The van der Waals surface area contributed by atoms with E-state index in [9.17, 15) is 22.4 Å². The predicted molar refractivity (Wildman–Crippen MR) is 156 cm³/mol. The van der Waals surface area contributed by atoms with Crippen molar-refractivity contribution in [2.75, 3.05) is 10.8 Å². The summed E-state index contributed by atoms with van der Waals surface area (Å²) in [7, 11) is -4.30. The summed E-state index contributed by atoms with van der Waals surface area (Å²) in [5.41, 5.74) is 0.662. The summed E-state index contributed by atoms with van der Waals surface area (Å²) in [4.78, 5) is 28.5. The molecule has 0 aromatic heterocycles. The molecular weight excluding hydrogens is 576 g/mol. The molecule has 3 rings (SSSR count). The number of hydrogen-bond donors (Lipinski definition) is 1. The van der Waals surface area contributed by atoms with Crippen LogP contribution >= 0.6 is 23.2 Å². The van der Waals surface area contributed by atoms with Crippen molar-refractivity contribution < 1.29 is 22.4 Å². The van der Waals surface area contributed by atoms with Gasteiger partial charge in [0, 0.05) is 28.2 Å². The van der Waals surface area contributed by atoms with Crippen molar-refractivity contribution in [2.45, 2.75) is 57.1 Å². The number of nitrogens with one attached hydrogen (secondary N) is 1. The monoisotopic (exact) mass is 607 g/mol. The molecule has 0 aliphatic heterocycles. The number of carbonyl (C=O) groups excluding carboxylic acids is 2. The van der Waals surface area contributed by atoms with Gasteiger partial charge in [0.2, 0.25) is 11.8 Å². The molecule has 0 aliphatic rings. The highest BCUT2D eigenvalue weighted by Crippen LogP contribution is 2.29. The van der Waals surface area contributed by atoms with Crippen molar-refractivity contribution in [2.24, 2.45) is 0 Å². The molecule has 0 unspecified atom stereocenters. The van der Waals surface area contributed by atoms with Crippen molar-refractivity contribution >= 4 is 50.7 Å². The number of para-hydroxylation sites is 1. The lowest BCUT2D eigenvalue weighted by Gasteiger charge is -2.34. The van der Waals surface area contributed by atoms with Crippen LogP contribution in [0.2, 0.25) is 10.0 Å². The van der Waals surface area contributed by atoms with Gasteiger partial charge in [-0.3, -0.25) is 13.9 Å². The number of nitrogens with zero attached hydrogens (tertiary/aromatic N) is 2. The van der Waals surface area contributed by atoms with E-state index in [1.165, 1.54) is 4.90 Å². The second kappa shape index (κ2) is 14.0. The molecule has 1 N–H and O–H groups in total. The fourth-order valence-electron chi connectivity index (χ4n) is 4.07. The van der Waals surface area contributed by atoms with E-state index in [2.05, 4.69) is 5.32 Å². The molecule has 0 saturated heterocycles. The minimum absolute atomic E-state index is 0.122. The van der Waals surface area contributed by atoms with Gasteiger partial charge >= 0.3 is 0 Å². The number of amides is 2. The summed E-state index contributed by atoms with van der Waals surface area (Å²) >= 11 is 12.8. The molecule has 0 radical (unpaired) electrons. The molecule has 0 heterocycles. The molecule has 214 valence electrons. The Labute approximate surface area is 244 Å². The fourth-order valence-corrected chi connectivity index (χ4v) is 6.00. The Balaban J connectivity index is 2.07. The lowest BCUT2D eigenvalue weighted by atomic mass is 10.1. The summed E-state index contributed by atoms with van der Waals surface area (Å²) in [6.07, 6.45) is 0.941. The van der Waals surface area contributed by atoms with Crippen LogP contribution in [0, 0.1) is 5.82 Å². The van der Waals surface area contributed by atoms with Gasteiger partial charge in [-0.05, 0) is 68.3 Å². The second-order valence-electron chi connectivity index (χ2n) is 9.26. The van der Waals surface area contributed by atoms with Crippen molar-refractivity contribution in [3.63, 3.8) is 0 Å². The lowest BCUT2D eigenvalue weighted by molar-refractivity contribution is -0.140. The number of rotatable bonds is 12. The molecule has 0 saturated carbocycles. The van der Waals surface area contributed by atoms with E-state index >= 15 is 0 Å². The lowest BCUT2D eigenvalue weighted by Crippen LogP contribution is -2.53. The van der Waals surface area contributed by atoms with E-state index in [-0.39, 0.29) is 35.5 Å². The van der Waals surface area contributed by atoms with Crippen LogP contribution in [0.5, 0.6) is 0 Å². The summed E-state index contributed by atoms with van der Waals surface area (Å²) < 4.78 is 42.0. The predicted octanol–water partition coefficient (Wildman–Crippen LogP) is 6.05. The summed E-state index contributed by atoms with van der Waals surface area (Å²) in [5, 5.41) is 3.52. The largest absolute Gasteiger partial charge is 0.352 e. The first kappa shape index (κ1) is 31.4. The molecule has 2 atom stereocenters. The third-order valence-corrected chi connectivity index (χ3v) is 9.00. The van der Waals surface area contributed by atoms with Gasteiger partial charge in [-0.1, -0.05) is 61.3 Å². The Kier molecular flexibility index (Phi) is 11.0. The highest BCUT2D eigenvalue weighted by atomic mass is 35.5. The number of anilines is 1. The van der Waals surface area contributed by atoms with Crippen LogP contribution in [0.1, 0.15) is 39.2 Å². The topological polar surface area (TPSA) is 86.8 Å². The normalized spacial score (nSPS) is 12.8. The third-order valence-electron chi connectivity index (χ3n) is 6.50. The highest BCUT2D eigenvalue weighted by molar-refractivity contribution is 7.92. The summed E-state index contributed by atoms with van der Waals surface area (Å²) in [6, 6.07) is 16.3. The second-order valence-corrected chi connectivity index (χ2v) is 11.9. The van der Waals surface area contributed by atoms with Crippen molar-refractivity contribution in [1.29, 1.82) is 0 Å². The molecule has 3 aromatic rings. The maximum Gasteiger partial charge on any atom is 0.264 e. The van der Waals surface area contributed by atoms with Gasteiger partial charge in [-0.2, -0.15) is 0 Å². The molecule has 7 nitrogen and oxygen atoms in total. The summed E-state index contributed by atoms with van der Waals surface area (Å²) in [5.74, 6) is -1.61. The maximum atomic E-state index is 14.0.